The van der Waals surface area contributed by atoms with Crippen molar-refractivity contribution in [2.24, 2.45) is 0 Å². The Bertz CT molecular complexity index is 443. The Morgan fingerprint density at radius 3 is 1.88 bits per heavy atom. The van der Waals surface area contributed by atoms with Crippen molar-refractivity contribution in [1.29, 1.82) is 0 Å². The van der Waals surface area contributed by atoms with Gasteiger partial charge < -0.3 is 0 Å². The minimum absolute atomic E-state index is 0.0626. The molecule has 0 saturated carbocycles. The predicted molar refractivity (Wildman–Crippen MR) is 46.6 cm³/mol. The lowest BCUT2D eigenvalue weighted by atomic mass is 9.98. The van der Waals surface area contributed by atoms with Crippen LogP contribution in [0.5, 0.6) is 0 Å². The maximum atomic E-state index is 12.5. The summed E-state index contributed by atoms with van der Waals surface area (Å²) in [6, 6.07) is 1.14. The van der Waals surface area contributed by atoms with Gasteiger partial charge in [-0.3, -0.25) is 4.79 Å². The van der Waals surface area contributed by atoms with Crippen LogP contribution in [0.25, 0.3) is 0 Å². The SMILES string of the molecule is Cc1cc(C=O)c(C(F)(F)F)c(C(F)(F)F)c1. The van der Waals surface area contributed by atoms with Crippen LogP contribution in [0.1, 0.15) is 27.0 Å². The second-order valence-corrected chi connectivity index (χ2v) is 3.39. The molecule has 1 rings (SSSR count). The molecule has 0 N–H and O–H groups in total. The van der Waals surface area contributed by atoms with Crippen molar-refractivity contribution in [2.45, 2.75) is 19.3 Å². The highest BCUT2D eigenvalue weighted by Gasteiger charge is 2.44. The number of benzene rings is 1. The van der Waals surface area contributed by atoms with Gasteiger partial charge in [0.15, 0.2) is 6.29 Å². The van der Waals surface area contributed by atoms with E-state index in [0.717, 1.165) is 6.07 Å². The first-order valence-electron chi connectivity index (χ1n) is 4.31. The number of aryl methyl sites for hydroxylation is 1. The van der Waals surface area contributed by atoms with Crippen LogP contribution in [0.3, 0.4) is 0 Å². The Morgan fingerprint density at radius 1 is 1.00 bits per heavy atom. The van der Waals surface area contributed by atoms with Crippen LogP contribution in [-0.4, -0.2) is 6.29 Å². The zero-order valence-electron chi connectivity index (χ0n) is 8.41. The molecule has 0 fully saturated rings. The number of alkyl halides is 6. The van der Waals surface area contributed by atoms with E-state index in [9.17, 15) is 31.1 Å². The molecule has 0 atom stereocenters. The number of carbonyl (C=O) groups is 1. The Hall–Kier alpha value is -1.53. The summed E-state index contributed by atoms with van der Waals surface area (Å²) in [6.07, 6.45) is -10.6. The van der Waals surface area contributed by atoms with Gasteiger partial charge in [0.05, 0.1) is 11.1 Å². The molecule has 17 heavy (non-hydrogen) atoms. The number of aldehydes is 1. The maximum Gasteiger partial charge on any atom is 0.417 e. The molecule has 0 aliphatic heterocycles. The lowest BCUT2D eigenvalue weighted by Crippen LogP contribution is -2.19. The molecule has 0 unspecified atom stereocenters. The normalized spacial score (nSPS) is 12.6. The van der Waals surface area contributed by atoms with Gasteiger partial charge in [-0.15, -0.1) is 0 Å². The molecule has 1 nitrogen and oxygen atoms in total. The summed E-state index contributed by atoms with van der Waals surface area (Å²) < 4.78 is 74.9. The lowest BCUT2D eigenvalue weighted by Gasteiger charge is -2.17. The molecule has 1 aromatic rings. The van der Waals surface area contributed by atoms with E-state index in [4.69, 9.17) is 0 Å². The number of carbonyl (C=O) groups excluding carboxylic acids is 1. The summed E-state index contributed by atoms with van der Waals surface area (Å²) in [5, 5.41) is 0. The van der Waals surface area contributed by atoms with Gasteiger partial charge in [0.25, 0.3) is 0 Å². The number of rotatable bonds is 1. The molecule has 0 heterocycles. The van der Waals surface area contributed by atoms with Crippen molar-refractivity contribution in [3.63, 3.8) is 0 Å². The van der Waals surface area contributed by atoms with Gasteiger partial charge in [-0.2, -0.15) is 26.3 Å². The molecule has 0 bridgehead atoms. The van der Waals surface area contributed by atoms with Crippen molar-refractivity contribution in [2.75, 3.05) is 0 Å². The third-order valence-corrected chi connectivity index (χ3v) is 2.03. The summed E-state index contributed by atoms with van der Waals surface area (Å²) in [5.74, 6) is 0. The number of hydrogen-bond acceptors (Lipinski definition) is 1. The van der Waals surface area contributed by atoms with E-state index in [0.29, 0.717) is 6.07 Å². The van der Waals surface area contributed by atoms with Crippen LogP contribution in [0.15, 0.2) is 12.1 Å². The predicted octanol–water partition coefficient (Wildman–Crippen LogP) is 3.85. The van der Waals surface area contributed by atoms with Crippen LogP contribution in [0, 0.1) is 6.92 Å². The van der Waals surface area contributed by atoms with Gasteiger partial charge in [-0.05, 0) is 24.6 Å². The van der Waals surface area contributed by atoms with E-state index in [2.05, 4.69) is 0 Å². The average Bonchev–Trinajstić information content (AvgIpc) is 2.12. The Balaban J connectivity index is 3.68. The molecular formula is C10H6F6O. The van der Waals surface area contributed by atoms with Crippen LogP contribution in [-0.2, 0) is 12.4 Å². The van der Waals surface area contributed by atoms with E-state index in [1.165, 1.54) is 6.92 Å². The number of hydrogen-bond donors (Lipinski definition) is 0. The van der Waals surface area contributed by atoms with E-state index < -0.39 is 29.0 Å². The molecule has 1 aromatic carbocycles. The van der Waals surface area contributed by atoms with Gasteiger partial charge in [0.2, 0.25) is 0 Å². The van der Waals surface area contributed by atoms with Crippen LogP contribution < -0.4 is 0 Å². The topological polar surface area (TPSA) is 17.1 Å². The van der Waals surface area contributed by atoms with Gasteiger partial charge >= 0.3 is 12.4 Å². The fraction of sp³-hybridized carbons (Fsp3) is 0.300. The molecule has 0 spiro atoms. The first-order valence-corrected chi connectivity index (χ1v) is 4.31. The maximum absolute atomic E-state index is 12.5. The molecule has 0 amide bonds. The summed E-state index contributed by atoms with van der Waals surface area (Å²) in [6.45, 7) is 1.18. The fourth-order valence-corrected chi connectivity index (χ4v) is 1.45. The second-order valence-electron chi connectivity index (χ2n) is 3.39. The highest BCUT2D eigenvalue weighted by Crippen LogP contribution is 2.42. The zero-order valence-corrected chi connectivity index (χ0v) is 8.41. The first kappa shape index (κ1) is 13.5. The van der Waals surface area contributed by atoms with Crippen LogP contribution in [0.2, 0.25) is 0 Å². The van der Waals surface area contributed by atoms with Crippen molar-refractivity contribution >= 4 is 6.29 Å². The largest absolute Gasteiger partial charge is 0.417 e. The van der Waals surface area contributed by atoms with Crippen molar-refractivity contribution < 1.29 is 31.1 Å². The minimum Gasteiger partial charge on any atom is -0.298 e. The van der Waals surface area contributed by atoms with Gasteiger partial charge in [-0.1, -0.05) is 0 Å². The fourth-order valence-electron chi connectivity index (χ4n) is 1.45. The van der Waals surface area contributed by atoms with Crippen LogP contribution >= 0.6 is 0 Å². The molecular weight excluding hydrogens is 250 g/mol. The molecule has 7 heteroatoms. The molecule has 0 radical (unpaired) electrons. The van der Waals surface area contributed by atoms with Crippen molar-refractivity contribution in [1.82, 2.24) is 0 Å². The second kappa shape index (κ2) is 4.05. The highest BCUT2D eigenvalue weighted by atomic mass is 19.4. The summed E-state index contributed by atoms with van der Waals surface area (Å²) in [7, 11) is 0. The summed E-state index contributed by atoms with van der Waals surface area (Å²) >= 11 is 0. The zero-order chi connectivity index (χ0) is 13.4. The molecule has 94 valence electrons. The monoisotopic (exact) mass is 256 g/mol. The smallest absolute Gasteiger partial charge is 0.298 e. The summed E-state index contributed by atoms with van der Waals surface area (Å²) in [4.78, 5) is 10.4. The number of halogens is 6. The Labute approximate surface area is 92.0 Å². The molecule has 0 aliphatic rings. The van der Waals surface area contributed by atoms with Gasteiger partial charge in [0, 0.05) is 5.56 Å². The standard InChI is InChI=1S/C10H6F6O/c1-5-2-6(4-17)8(10(14,15)16)7(3-5)9(11,12)13/h2-4H,1H3. The van der Waals surface area contributed by atoms with Gasteiger partial charge in [0.1, 0.15) is 0 Å². The molecule has 0 aromatic heterocycles. The minimum atomic E-state index is -5.23. The summed E-state index contributed by atoms with van der Waals surface area (Å²) in [5.41, 5.74) is -4.85. The third-order valence-electron chi connectivity index (χ3n) is 2.03. The van der Waals surface area contributed by atoms with Gasteiger partial charge in [-0.25, -0.2) is 0 Å². The first-order chi connectivity index (χ1) is 7.57. The van der Waals surface area contributed by atoms with E-state index in [1.54, 1.807) is 0 Å². The highest BCUT2D eigenvalue weighted by molar-refractivity contribution is 5.79. The van der Waals surface area contributed by atoms with E-state index in [-0.39, 0.29) is 11.8 Å². The quantitative estimate of drug-likeness (QED) is 0.551. The molecule has 0 saturated heterocycles. The van der Waals surface area contributed by atoms with E-state index >= 15 is 0 Å². The van der Waals surface area contributed by atoms with Crippen molar-refractivity contribution in [3.05, 3.63) is 34.4 Å². The Kier molecular flexibility index (Phi) is 3.22. The molecule has 0 aliphatic carbocycles. The third kappa shape index (κ3) is 2.78. The van der Waals surface area contributed by atoms with E-state index in [1.807, 2.05) is 0 Å². The average molecular weight is 256 g/mol. The Morgan fingerprint density at radius 2 is 1.53 bits per heavy atom. The lowest BCUT2D eigenvalue weighted by molar-refractivity contribution is -0.162. The van der Waals surface area contributed by atoms with Crippen molar-refractivity contribution in [3.8, 4) is 0 Å². The van der Waals surface area contributed by atoms with Crippen LogP contribution in [0.4, 0.5) is 26.3 Å².